The highest BCUT2D eigenvalue weighted by Crippen LogP contribution is 2.23. The van der Waals surface area contributed by atoms with Gasteiger partial charge in [-0.05, 0) is 34.1 Å². The van der Waals surface area contributed by atoms with Gasteiger partial charge in [0.2, 0.25) is 10.0 Å². The van der Waals surface area contributed by atoms with E-state index in [1.165, 1.54) is 18.2 Å². The van der Waals surface area contributed by atoms with E-state index >= 15 is 0 Å². The first kappa shape index (κ1) is 12.7. The van der Waals surface area contributed by atoms with E-state index in [-0.39, 0.29) is 11.6 Å². The third-order valence-corrected chi connectivity index (χ3v) is 3.88. The number of hydrogen-bond donors (Lipinski definition) is 1. The molecule has 1 aromatic carbocycles. The molecular formula is C8H8BrClFNO2S. The Morgan fingerprint density at radius 3 is 2.67 bits per heavy atom. The average Bonchev–Trinajstić information content (AvgIpc) is 2.09. The molecule has 0 fully saturated rings. The van der Waals surface area contributed by atoms with Crippen LogP contribution < -0.4 is 4.72 Å². The van der Waals surface area contributed by atoms with Gasteiger partial charge in [-0.25, -0.2) is 12.8 Å². The SMILES string of the molecule is O=S(=O)(CCCl)Nc1ccc(F)cc1Br. The standard InChI is InChI=1S/C8H8BrClFNO2S/c9-7-5-6(11)1-2-8(7)12-15(13,14)4-3-10/h1-2,5,12H,3-4H2. The lowest BCUT2D eigenvalue weighted by atomic mass is 10.3. The molecule has 0 heterocycles. The molecule has 0 saturated carbocycles. The molecule has 1 N–H and O–H groups in total. The van der Waals surface area contributed by atoms with Crippen molar-refractivity contribution in [2.45, 2.75) is 0 Å². The lowest BCUT2D eigenvalue weighted by Crippen LogP contribution is -2.17. The minimum Gasteiger partial charge on any atom is -0.282 e. The largest absolute Gasteiger partial charge is 0.282 e. The number of anilines is 1. The zero-order valence-corrected chi connectivity index (χ0v) is 10.7. The summed E-state index contributed by atoms with van der Waals surface area (Å²) in [5.41, 5.74) is 0.293. The van der Waals surface area contributed by atoms with Crippen LogP contribution in [0, 0.1) is 5.82 Å². The first-order chi connectivity index (χ1) is 6.94. The molecule has 0 aliphatic heterocycles. The molecule has 1 rings (SSSR count). The highest BCUT2D eigenvalue weighted by atomic mass is 79.9. The van der Waals surface area contributed by atoms with E-state index in [0.29, 0.717) is 10.2 Å². The summed E-state index contributed by atoms with van der Waals surface area (Å²) >= 11 is 8.38. The lowest BCUT2D eigenvalue weighted by Gasteiger charge is -2.08. The lowest BCUT2D eigenvalue weighted by molar-refractivity contribution is 0.602. The fourth-order valence-electron chi connectivity index (χ4n) is 0.892. The summed E-state index contributed by atoms with van der Waals surface area (Å²) < 4.78 is 38.0. The van der Waals surface area contributed by atoms with Gasteiger partial charge in [0.05, 0.1) is 11.4 Å². The summed E-state index contributed by atoms with van der Waals surface area (Å²) in [7, 11) is -3.45. The van der Waals surface area contributed by atoms with Crippen molar-refractivity contribution < 1.29 is 12.8 Å². The summed E-state index contributed by atoms with van der Waals surface area (Å²) in [6, 6.07) is 3.69. The predicted octanol–water partition coefficient (Wildman–Crippen LogP) is 2.57. The first-order valence-corrected chi connectivity index (χ1v) is 6.94. The first-order valence-electron chi connectivity index (χ1n) is 3.96. The molecule has 3 nitrogen and oxygen atoms in total. The molecule has 0 radical (unpaired) electrons. The molecule has 0 saturated heterocycles. The number of nitrogens with one attached hydrogen (secondary N) is 1. The van der Waals surface area contributed by atoms with Crippen LogP contribution in [0.15, 0.2) is 22.7 Å². The van der Waals surface area contributed by atoms with Gasteiger partial charge >= 0.3 is 0 Å². The van der Waals surface area contributed by atoms with Gasteiger partial charge in [0, 0.05) is 10.4 Å². The minimum atomic E-state index is -3.45. The maximum atomic E-state index is 12.7. The molecule has 0 spiro atoms. The molecule has 0 aromatic heterocycles. The predicted molar refractivity (Wildman–Crippen MR) is 62.2 cm³/mol. The van der Waals surface area contributed by atoms with E-state index in [1.54, 1.807) is 0 Å². The maximum absolute atomic E-state index is 12.7. The van der Waals surface area contributed by atoms with E-state index in [4.69, 9.17) is 11.6 Å². The van der Waals surface area contributed by atoms with Crippen molar-refractivity contribution in [1.82, 2.24) is 0 Å². The number of benzene rings is 1. The number of hydrogen-bond acceptors (Lipinski definition) is 2. The molecule has 0 amide bonds. The second-order valence-electron chi connectivity index (χ2n) is 2.73. The smallest absolute Gasteiger partial charge is 0.233 e. The molecule has 0 aliphatic rings. The van der Waals surface area contributed by atoms with Gasteiger partial charge in [-0.3, -0.25) is 4.72 Å². The minimum absolute atomic E-state index is 0.00808. The fourth-order valence-corrected chi connectivity index (χ4v) is 2.90. The van der Waals surface area contributed by atoms with Crippen molar-refractivity contribution in [2.75, 3.05) is 16.4 Å². The molecule has 1 aromatic rings. The van der Waals surface area contributed by atoms with E-state index < -0.39 is 15.8 Å². The Morgan fingerprint density at radius 2 is 2.13 bits per heavy atom. The van der Waals surface area contributed by atoms with Crippen LogP contribution >= 0.6 is 27.5 Å². The third-order valence-electron chi connectivity index (χ3n) is 1.54. The zero-order valence-electron chi connectivity index (χ0n) is 7.50. The Morgan fingerprint density at radius 1 is 1.47 bits per heavy atom. The Hall–Kier alpha value is -0.330. The Labute approximate surface area is 101 Å². The van der Waals surface area contributed by atoms with Gasteiger partial charge in [-0.2, -0.15) is 0 Å². The molecule has 0 atom stereocenters. The topological polar surface area (TPSA) is 46.2 Å². The third kappa shape index (κ3) is 3.96. The summed E-state index contributed by atoms with van der Waals surface area (Å²) in [4.78, 5) is 0. The van der Waals surface area contributed by atoms with Crippen molar-refractivity contribution in [2.24, 2.45) is 0 Å². The van der Waals surface area contributed by atoms with E-state index in [9.17, 15) is 12.8 Å². The Balaban J connectivity index is 2.90. The van der Waals surface area contributed by atoms with Gasteiger partial charge in [0.15, 0.2) is 0 Å². The second-order valence-corrected chi connectivity index (χ2v) is 5.81. The van der Waals surface area contributed by atoms with Crippen molar-refractivity contribution in [3.05, 3.63) is 28.5 Å². The maximum Gasteiger partial charge on any atom is 0.233 e. The van der Waals surface area contributed by atoms with Gasteiger partial charge in [-0.15, -0.1) is 11.6 Å². The molecule has 0 aliphatic carbocycles. The zero-order chi connectivity index (χ0) is 11.5. The van der Waals surface area contributed by atoms with E-state index in [0.717, 1.165) is 0 Å². The monoisotopic (exact) mass is 315 g/mol. The molecule has 0 unspecified atom stereocenters. The number of sulfonamides is 1. The number of alkyl halides is 1. The number of halogens is 3. The number of rotatable bonds is 4. The van der Waals surface area contributed by atoms with Crippen molar-refractivity contribution in [1.29, 1.82) is 0 Å². The van der Waals surface area contributed by atoms with Crippen LogP contribution in [0.3, 0.4) is 0 Å². The van der Waals surface area contributed by atoms with Gasteiger partial charge < -0.3 is 0 Å². The highest BCUT2D eigenvalue weighted by molar-refractivity contribution is 9.10. The second kappa shape index (κ2) is 5.14. The van der Waals surface area contributed by atoms with Crippen LogP contribution in [-0.4, -0.2) is 20.1 Å². The normalized spacial score (nSPS) is 11.4. The summed E-state index contributed by atoms with van der Waals surface area (Å²) in [5.74, 6) is -0.617. The van der Waals surface area contributed by atoms with Crippen LogP contribution in [0.5, 0.6) is 0 Å². The summed E-state index contributed by atoms with van der Waals surface area (Å²) in [6.45, 7) is 0. The van der Waals surface area contributed by atoms with Gasteiger partial charge in [0.25, 0.3) is 0 Å². The van der Waals surface area contributed by atoms with Crippen LogP contribution in [0.4, 0.5) is 10.1 Å². The van der Waals surface area contributed by atoms with Crippen LogP contribution in [0.2, 0.25) is 0 Å². The van der Waals surface area contributed by atoms with Crippen LogP contribution in [-0.2, 0) is 10.0 Å². The van der Waals surface area contributed by atoms with Crippen LogP contribution in [0.25, 0.3) is 0 Å². The van der Waals surface area contributed by atoms with Crippen molar-refractivity contribution in [3.8, 4) is 0 Å². The van der Waals surface area contributed by atoms with Gasteiger partial charge in [-0.1, -0.05) is 0 Å². The average molecular weight is 317 g/mol. The molecule has 7 heteroatoms. The fraction of sp³-hybridized carbons (Fsp3) is 0.250. The highest BCUT2D eigenvalue weighted by Gasteiger charge is 2.11. The molecular weight excluding hydrogens is 309 g/mol. The van der Waals surface area contributed by atoms with E-state index in [2.05, 4.69) is 20.7 Å². The van der Waals surface area contributed by atoms with Crippen molar-refractivity contribution in [3.63, 3.8) is 0 Å². The summed E-state index contributed by atoms with van der Waals surface area (Å²) in [5, 5.41) is 0. The molecule has 0 bridgehead atoms. The summed E-state index contributed by atoms with van der Waals surface area (Å²) in [6.07, 6.45) is 0. The Kier molecular flexibility index (Phi) is 4.36. The molecule has 15 heavy (non-hydrogen) atoms. The Bertz CT molecular complexity index is 452. The van der Waals surface area contributed by atoms with Crippen molar-refractivity contribution >= 4 is 43.2 Å². The quantitative estimate of drug-likeness (QED) is 0.868. The molecule has 84 valence electrons. The van der Waals surface area contributed by atoms with Crippen LogP contribution in [0.1, 0.15) is 0 Å². The van der Waals surface area contributed by atoms with Gasteiger partial charge in [0.1, 0.15) is 5.82 Å². The van der Waals surface area contributed by atoms with E-state index in [1.807, 2.05) is 0 Å².